The molecule has 7 heteroatoms. The normalized spacial score (nSPS) is 16.2. The molecular formula is C24H35N3O3S. The van der Waals surface area contributed by atoms with E-state index in [0.717, 1.165) is 24.1 Å². The maximum Gasteiger partial charge on any atom is 0.338 e. The monoisotopic (exact) mass is 445 g/mol. The summed E-state index contributed by atoms with van der Waals surface area (Å²) in [5.74, 6) is -0.352. The lowest BCUT2D eigenvalue weighted by molar-refractivity contribution is -0.139. The number of ether oxygens (including phenoxy) is 1. The number of carbonyl (C=O) groups is 2. The standard InChI is InChI=1S/C24H35N3O3S/c1-5-8-9-10-11-15-20(28)25-19-14-12-13-18(16-19)22-21(23(29)30-7-3)17(4)27(6-2)24(31)26-22/h12-14,16,22H,5-11,15H2,1-4H3,(H,25,28)(H,26,31). The third kappa shape index (κ3) is 6.79. The number of esters is 1. The number of unbranched alkanes of at least 4 members (excludes halogenated alkanes) is 4. The van der Waals surface area contributed by atoms with Crippen molar-refractivity contribution < 1.29 is 14.3 Å². The predicted octanol–water partition coefficient (Wildman–Crippen LogP) is 5.07. The van der Waals surface area contributed by atoms with Crippen molar-refractivity contribution in [1.29, 1.82) is 0 Å². The summed E-state index contributed by atoms with van der Waals surface area (Å²) in [5, 5.41) is 6.82. The Morgan fingerprint density at radius 1 is 1.16 bits per heavy atom. The molecule has 170 valence electrons. The number of hydrogen-bond acceptors (Lipinski definition) is 4. The summed E-state index contributed by atoms with van der Waals surface area (Å²) in [6.07, 6.45) is 6.06. The summed E-state index contributed by atoms with van der Waals surface area (Å²) in [5.41, 5.74) is 2.89. The largest absolute Gasteiger partial charge is 0.463 e. The van der Waals surface area contributed by atoms with Gasteiger partial charge >= 0.3 is 5.97 Å². The van der Waals surface area contributed by atoms with Gasteiger partial charge in [0.25, 0.3) is 0 Å². The van der Waals surface area contributed by atoms with E-state index in [9.17, 15) is 9.59 Å². The highest BCUT2D eigenvalue weighted by Gasteiger charge is 2.34. The summed E-state index contributed by atoms with van der Waals surface area (Å²) in [7, 11) is 0. The molecule has 1 aromatic rings. The number of nitrogens with one attached hydrogen (secondary N) is 2. The van der Waals surface area contributed by atoms with Gasteiger partial charge in [0, 0.05) is 24.4 Å². The molecule has 0 saturated heterocycles. The molecule has 2 N–H and O–H groups in total. The molecule has 1 aliphatic rings. The van der Waals surface area contributed by atoms with Crippen LogP contribution in [-0.2, 0) is 14.3 Å². The number of allylic oxidation sites excluding steroid dienone is 1. The fraction of sp³-hybridized carbons (Fsp3) is 0.542. The Hall–Kier alpha value is -2.41. The molecule has 0 spiro atoms. The van der Waals surface area contributed by atoms with Gasteiger partial charge in [0.2, 0.25) is 5.91 Å². The second-order valence-corrected chi connectivity index (χ2v) is 8.07. The zero-order chi connectivity index (χ0) is 22.8. The van der Waals surface area contributed by atoms with Gasteiger partial charge in [0.05, 0.1) is 18.2 Å². The topological polar surface area (TPSA) is 70.7 Å². The van der Waals surface area contributed by atoms with E-state index in [2.05, 4.69) is 17.6 Å². The minimum Gasteiger partial charge on any atom is -0.463 e. The number of thiocarbonyl (C=S) groups is 1. The number of nitrogens with zero attached hydrogens (tertiary/aromatic N) is 1. The molecule has 1 atom stereocenters. The fourth-order valence-corrected chi connectivity index (χ4v) is 4.18. The zero-order valence-electron chi connectivity index (χ0n) is 19.1. The van der Waals surface area contributed by atoms with Gasteiger partial charge in [-0.2, -0.15) is 0 Å². The zero-order valence-corrected chi connectivity index (χ0v) is 19.9. The predicted molar refractivity (Wildman–Crippen MR) is 129 cm³/mol. The number of hydrogen-bond donors (Lipinski definition) is 2. The van der Waals surface area contributed by atoms with Crippen LogP contribution in [0.5, 0.6) is 0 Å². The Morgan fingerprint density at radius 2 is 1.90 bits per heavy atom. The molecule has 1 aromatic carbocycles. The van der Waals surface area contributed by atoms with E-state index in [1.54, 1.807) is 6.92 Å². The lowest BCUT2D eigenvalue weighted by Crippen LogP contribution is -2.47. The van der Waals surface area contributed by atoms with Crippen LogP contribution in [0.4, 0.5) is 5.69 Å². The van der Waals surface area contributed by atoms with Crippen LogP contribution in [-0.4, -0.2) is 35.0 Å². The highest BCUT2D eigenvalue weighted by atomic mass is 32.1. The maximum atomic E-state index is 12.8. The van der Waals surface area contributed by atoms with Crippen LogP contribution in [0.2, 0.25) is 0 Å². The van der Waals surface area contributed by atoms with Crippen LogP contribution < -0.4 is 10.6 Å². The number of benzene rings is 1. The van der Waals surface area contributed by atoms with Gasteiger partial charge in [-0.05, 0) is 57.1 Å². The molecule has 1 unspecified atom stereocenters. The van der Waals surface area contributed by atoms with Crippen molar-refractivity contribution in [1.82, 2.24) is 10.2 Å². The van der Waals surface area contributed by atoms with Crippen molar-refractivity contribution in [2.75, 3.05) is 18.5 Å². The third-order valence-electron chi connectivity index (χ3n) is 5.42. The van der Waals surface area contributed by atoms with Crippen molar-refractivity contribution in [2.24, 2.45) is 0 Å². The summed E-state index contributed by atoms with van der Waals surface area (Å²) in [4.78, 5) is 27.0. The molecule has 6 nitrogen and oxygen atoms in total. The quantitative estimate of drug-likeness (QED) is 0.281. The van der Waals surface area contributed by atoms with E-state index in [1.807, 2.05) is 43.0 Å². The summed E-state index contributed by atoms with van der Waals surface area (Å²) in [6.45, 7) is 8.80. The summed E-state index contributed by atoms with van der Waals surface area (Å²) in [6, 6.07) is 7.12. The molecule has 0 fully saturated rings. The lowest BCUT2D eigenvalue weighted by atomic mass is 9.94. The van der Waals surface area contributed by atoms with Crippen LogP contribution in [0.15, 0.2) is 35.5 Å². The highest BCUT2D eigenvalue weighted by Crippen LogP contribution is 2.32. The number of anilines is 1. The number of amides is 1. The lowest BCUT2D eigenvalue weighted by Gasteiger charge is -2.37. The highest BCUT2D eigenvalue weighted by molar-refractivity contribution is 7.80. The van der Waals surface area contributed by atoms with E-state index in [1.165, 1.54) is 19.3 Å². The van der Waals surface area contributed by atoms with Crippen LogP contribution in [0.3, 0.4) is 0 Å². The Kier molecular flexibility index (Phi) is 9.98. The van der Waals surface area contributed by atoms with Gasteiger partial charge in [-0.3, -0.25) is 4.79 Å². The molecule has 0 saturated carbocycles. The van der Waals surface area contributed by atoms with E-state index >= 15 is 0 Å². The second kappa shape index (κ2) is 12.4. The Balaban J connectivity index is 2.19. The van der Waals surface area contributed by atoms with Gasteiger partial charge in [-0.15, -0.1) is 0 Å². The van der Waals surface area contributed by atoms with Crippen molar-refractivity contribution >= 4 is 34.9 Å². The van der Waals surface area contributed by atoms with Crippen LogP contribution in [0.25, 0.3) is 0 Å². The van der Waals surface area contributed by atoms with E-state index in [0.29, 0.717) is 35.9 Å². The molecule has 0 aliphatic carbocycles. The SMILES string of the molecule is CCCCCCCC(=O)Nc1cccc(C2NC(=S)N(CC)C(C)=C2C(=O)OCC)c1. The van der Waals surface area contributed by atoms with Crippen molar-refractivity contribution in [3.63, 3.8) is 0 Å². The molecule has 0 radical (unpaired) electrons. The smallest absolute Gasteiger partial charge is 0.338 e. The number of carbonyl (C=O) groups excluding carboxylic acids is 2. The average molecular weight is 446 g/mol. The molecule has 31 heavy (non-hydrogen) atoms. The first-order valence-corrected chi connectivity index (χ1v) is 11.7. The van der Waals surface area contributed by atoms with Gasteiger partial charge in [0.15, 0.2) is 5.11 Å². The average Bonchev–Trinajstić information content (AvgIpc) is 2.73. The molecule has 1 amide bonds. The van der Waals surface area contributed by atoms with Gasteiger partial charge in [0.1, 0.15) is 0 Å². The van der Waals surface area contributed by atoms with Gasteiger partial charge in [-0.25, -0.2) is 4.79 Å². The van der Waals surface area contributed by atoms with Crippen LogP contribution in [0, 0.1) is 0 Å². The van der Waals surface area contributed by atoms with E-state index < -0.39 is 6.04 Å². The van der Waals surface area contributed by atoms with Crippen LogP contribution >= 0.6 is 12.2 Å². The molecule has 1 heterocycles. The molecule has 2 rings (SSSR count). The minimum atomic E-state index is -0.430. The first-order chi connectivity index (χ1) is 14.9. The Labute approximate surface area is 191 Å². The Morgan fingerprint density at radius 3 is 2.58 bits per heavy atom. The molecular weight excluding hydrogens is 410 g/mol. The molecule has 1 aliphatic heterocycles. The van der Waals surface area contributed by atoms with E-state index in [-0.39, 0.29) is 11.9 Å². The fourth-order valence-electron chi connectivity index (χ4n) is 3.79. The summed E-state index contributed by atoms with van der Waals surface area (Å²) >= 11 is 5.52. The molecule has 0 bridgehead atoms. The molecule has 0 aromatic heterocycles. The number of rotatable bonds is 11. The van der Waals surface area contributed by atoms with Crippen LogP contribution in [0.1, 0.15) is 77.8 Å². The van der Waals surface area contributed by atoms with Gasteiger partial charge in [-0.1, -0.05) is 44.7 Å². The van der Waals surface area contributed by atoms with E-state index in [4.69, 9.17) is 17.0 Å². The third-order valence-corrected chi connectivity index (χ3v) is 5.76. The minimum absolute atomic E-state index is 0.00951. The summed E-state index contributed by atoms with van der Waals surface area (Å²) < 4.78 is 5.32. The first kappa shape index (κ1) is 24.9. The maximum absolute atomic E-state index is 12.8. The van der Waals surface area contributed by atoms with Gasteiger partial charge < -0.3 is 20.3 Å². The first-order valence-electron chi connectivity index (χ1n) is 11.3. The Bertz CT molecular complexity index is 822. The van der Waals surface area contributed by atoms with Crippen molar-refractivity contribution in [3.8, 4) is 0 Å². The van der Waals surface area contributed by atoms with Crippen molar-refractivity contribution in [3.05, 3.63) is 41.1 Å². The van der Waals surface area contributed by atoms with Crippen molar-refractivity contribution in [2.45, 2.75) is 72.3 Å². The second-order valence-electron chi connectivity index (χ2n) is 7.68.